The van der Waals surface area contributed by atoms with E-state index >= 15 is 0 Å². The lowest BCUT2D eigenvalue weighted by Crippen LogP contribution is -2.60. The first kappa shape index (κ1) is 51.4. The molecule has 20 nitrogen and oxygen atoms in total. The number of benzene rings is 1. The van der Waals surface area contributed by atoms with E-state index < -0.39 is 114 Å². The van der Waals surface area contributed by atoms with Crippen molar-refractivity contribution >= 4 is 53.3 Å². The number of likely N-dealkylation sites (tertiary alicyclic amines) is 1. The molecule has 0 bridgehead atoms. The second kappa shape index (κ2) is 23.9. The number of amides is 7. The summed E-state index contributed by atoms with van der Waals surface area (Å²) in [4.78, 5) is 118. The number of aromatic hydroxyl groups is 1. The van der Waals surface area contributed by atoms with Crippen molar-refractivity contribution in [3.8, 4) is 5.75 Å². The van der Waals surface area contributed by atoms with Gasteiger partial charge in [0.05, 0.1) is 12.5 Å². The van der Waals surface area contributed by atoms with Crippen molar-refractivity contribution in [3.63, 3.8) is 0 Å². The highest BCUT2D eigenvalue weighted by Gasteiger charge is 2.40. The first-order valence-electron chi connectivity index (χ1n) is 20.6. The summed E-state index contributed by atoms with van der Waals surface area (Å²) in [7, 11) is 0. The molecule has 61 heavy (non-hydrogen) atoms. The minimum atomic E-state index is -1.45. The molecule has 0 saturated carbocycles. The maximum atomic E-state index is 14.0. The SMILES string of the molecule is CC[C@H](C)[C@H](NC(=O)[C@H](C)NC(=O)[C@H](C)NC(=O)[C@H](CC(C)C)NC(=O)[C@H](Cc1ccc(O)cc1)NC(=O)[C@@H](NC(=O)[C@@H](N)CC(=O)O)C(C)C)C(=O)N1CCC[C@H]1C(=O)O. The van der Waals surface area contributed by atoms with Crippen LogP contribution in [0.25, 0.3) is 0 Å². The zero-order valence-electron chi connectivity index (χ0n) is 36.2. The maximum absolute atomic E-state index is 14.0. The van der Waals surface area contributed by atoms with E-state index in [0.29, 0.717) is 24.8 Å². The number of aliphatic carboxylic acids is 2. The molecule has 0 spiro atoms. The predicted octanol–water partition coefficient (Wildman–Crippen LogP) is -0.491. The third-order valence-electron chi connectivity index (χ3n) is 10.4. The standard InChI is InChI=1S/C41H64N8O12/c1-9-22(6)33(40(59)49-16-10-11-30(49)41(60)61)48-35(54)24(8)43-34(53)23(7)44-37(56)28(17-20(2)3)45-38(57)29(18-25-12-14-26(50)15-13-25)46-39(58)32(21(4)5)47-36(55)27(42)19-31(51)52/h12-15,20-24,27-30,32-33,50H,9-11,16-19,42H2,1-8H3,(H,43,53)(H,44,56)(H,45,57)(H,46,58)(H,47,55)(H,48,54)(H,51,52)(H,60,61)/t22-,23-,24-,27-,28-,29-,30-,32-,33-/m0/s1. The number of carboxylic acid groups (broad SMARTS) is 2. The Morgan fingerprint density at radius 1 is 0.705 bits per heavy atom. The van der Waals surface area contributed by atoms with Gasteiger partial charge in [0, 0.05) is 13.0 Å². The molecule has 2 rings (SSSR count). The van der Waals surface area contributed by atoms with Gasteiger partial charge in [0.2, 0.25) is 41.4 Å². The largest absolute Gasteiger partial charge is 0.508 e. The molecule has 0 aromatic heterocycles. The Balaban J connectivity index is 2.22. The number of phenolic OH excluding ortho intramolecular Hbond substituents is 1. The quantitative estimate of drug-likeness (QED) is 0.0665. The number of nitrogens with two attached hydrogens (primary N) is 1. The lowest BCUT2D eigenvalue weighted by atomic mass is 9.97. The zero-order chi connectivity index (χ0) is 46.3. The van der Waals surface area contributed by atoms with Gasteiger partial charge in [-0.1, -0.05) is 60.1 Å². The molecule has 9 atom stereocenters. The Morgan fingerprint density at radius 2 is 1.23 bits per heavy atom. The molecular weight excluding hydrogens is 796 g/mol. The first-order chi connectivity index (χ1) is 28.5. The Bertz CT molecular complexity index is 1740. The summed E-state index contributed by atoms with van der Waals surface area (Å²) in [5.41, 5.74) is 6.21. The normalized spacial score (nSPS) is 17.7. The van der Waals surface area contributed by atoms with Gasteiger partial charge in [0.15, 0.2) is 0 Å². The molecule has 1 aromatic carbocycles. The number of hydrogen-bond acceptors (Lipinski definition) is 11. The molecular formula is C41H64N8O12. The molecule has 0 unspecified atom stereocenters. The van der Waals surface area contributed by atoms with E-state index in [0.717, 1.165) is 0 Å². The number of nitrogens with one attached hydrogen (secondary N) is 6. The van der Waals surface area contributed by atoms with Gasteiger partial charge in [-0.3, -0.25) is 38.4 Å². The highest BCUT2D eigenvalue weighted by molar-refractivity contribution is 5.98. The number of carbonyl (C=O) groups is 9. The van der Waals surface area contributed by atoms with Crippen molar-refractivity contribution in [2.75, 3.05) is 6.54 Å². The highest BCUT2D eigenvalue weighted by atomic mass is 16.4. The van der Waals surface area contributed by atoms with Gasteiger partial charge in [0.1, 0.15) is 48.0 Å². The smallest absolute Gasteiger partial charge is 0.326 e. The molecule has 1 saturated heterocycles. The van der Waals surface area contributed by atoms with Crippen LogP contribution >= 0.6 is 0 Å². The molecule has 1 fully saturated rings. The van der Waals surface area contributed by atoms with Gasteiger partial charge >= 0.3 is 11.9 Å². The number of hydrogen-bond donors (Lipinski definition) is 10. The summed E-state index contributed by atoms with van der Waals surface area (Å²) in [5, 5.41) is 43.9. The third-order valence-corrected chi connectivity index (χ3v) is 10.4. The van der Waals surface area contributed by atoms with E-state index in [1.165, 1.54) is 43.0 Å². The van der Waals surface area contributed by atoms with Crippen LogP contribution < -0.4 is 37.6 Å². The van der Waals surface area contributed by atoms with Gasteiger partial charge in [-0.25, -0.2) is 4.79 Å². The minimum absolute atomic E-state index is 0.0468. The Morgan fingerprint density at radius 3 is 1.75 bits per heavy atom. The average molecular weight is 861 g/mol. The van der Waals surface area contributed by atoms with Crippen LogP contribution in [-0.4, -0.2) is 128 Å². The van der Waals surface area contributed by atoms with E-state index in [9.17, 15) is 53.4 Å². The zero-order valence-corrected chi connectivity index (χ0v) is 36.2. The van der Waals surface area contributed by atoms with E-state index in [2.05, 4.69) is 31.9 Å². The summed E-state index contributed by atoms with van der Waals surface area (Å²) in [6.45, 7) is 13.4. The summed E-state index contributed by atoms with van der Waals surface area (Å²) in [6.07, 6.45) is 0.591. The molecule has 1 aliphatic heterocycles. The second-order valence-electron chi connectivity index (χ2n) is 16.4. The predicted molar refractivity (Wildman–Crippen MR) is 221 cm³/mol. The number of nitrogens with zero attached hydrogens (tertiary/aromatic N) is 1. The number of carbonyl (C=O) groups excluding carboxylic acids is 7. The Hall–Kier alpha value is -5.79. The fourth-order valence-electron chi connectivity index (χ4n) is 6.60. The summed E-state index contributed by atoms with van der Waals surface area (Å²) < 4.78 is 0. The van der Waals surface area contributed by atoms with Gasteiger partial charge in [-0.15, -0.1) is 0 Å². The van der Waals surface area contributed by atoms with Crippen LogP contribution in [0.1, 0.15) is 93.1 Å². The molecule has 1 heterocycles. The van der Waals surface area contributed by atoms with Gasteiger partial charge < -0.3 is 57.9 Å². The summed E-state index contributed by atoms with van der Waals surface area (Å²) >= 11 is 0. The van der Waals surface area contributed by atoms with Crippen molar-refractivity contribution in [1.29, 1.82) is 0 Å². The van der Waals surface area contributed by atoms with Crippen LogP contribution in [0.5, 0.6) is 5.75 Å². The van der Waals surface area contributed by atoms with Gasteiger partial charge in [0.25, 0.3) is 0 Å². The third kappa shape index (κ3) is 16.0. The molecule has 20 heteroatoms. The minimum Gasteiger partial charge on any atom is -0.508 e. The fraction of sp³-hybridized carbons (Fsp3) is 0.634. The average Bonchev–Trinajstić information content (AvgIpc) is 3.68. The lowest BCUT2D eigenvalue weighted by Gasteiger charge is -2.31. The summed E-state index contributed by atoms with van der Waals surface area (Å²) in [6, 6.07) is -3.88. The number of carboxylic acids is 2. The van der Waals surface area contributed by atoms with E-state index in [1.54, 1.807) is 34.6 Å². The topological polar surface area (TPSA) is 316 Å². The van der Waals surface area contributed by atoms with Crippen molar-refractivity contribution in [2.24, 2.45) is 23.5 Å². The lowest BCUT2D eigenvalue weighted by molar-refractivity contribution is -0.150. The monoisotopic (exact) mass is 860 g/mol. The molecule has 11 N–H and O–H groups in total. The van der Waals surface area contributed by atoms with E-state index in [4.69, 9.17) is 10.8 Å². The molecule has 0 radical (unpaired) electrons. The van der Waals surface area contributed by atoms with Crippen LogP contribution in [0.15, 0.2) is 24.3 Å². The van der Waals surface area contributed by atoms with Crippen molar-refractivity contribution in [1.82, 2.24) is 36.8 Å². The Labute approximate surface area is 355 Å². The summed E-state index contributed by atoms with van der Waals surface area (Å²) in [5.74, 6) is -8.77. The molecule has 1 aliphatic rings. The molecule has 340 valence electrons. The molecule has 0 aliphatic carbocycles. The molecule has 7 amide bonds. The number of rotatable bonds is 23. The van der Waals surface area contributed by atoms with Crippen LogP contribution in [0.2, 0.25) is 0 Å². The maximum Gasteiger partial charge on any atom is 0.326 e. The fourth-order valence-corrected chi connectivity index (χ4v) is 6.60. The van der Waals surface area contributed by atoms with Crippen LogP contribution in [0.4, 0.5) is 0 Å². The van der Waals surface area contributed by atoms with Crippen molar-refractivity contribution in [3.05, 3.63) is 29.8 Å². The number of phenols is 1. The van der Waals surface area contributed by atoms with Crippen molar-refractivity contribution in [2.45, 2.75) is 142 Å². The van der Waals surface area contributed by atoms with E-state index in [1.807, 2.05) is 6.92 Å². The van der Waals surface area contributed by atoms with Crippen molar-refractivity contribution < 1.29 is 58.5 Å². The van der Waals surface area contributed by atoms with Crippen LogP contribution in [0.3, 0.4) is 0 Å². The van der Waals surface area contributed by atoms with Gasteiger partial charge in [-0.2, -0.15) is 0 Å². The first-order valence-corrected chi connectivity index (χ1v) is 20.6. The van der Waals surface area contributed by atoms with E-state index in [-0.39, 0.29) is 37.0 Å². The highest BCUT2D eigenvalue weighted by Crippen LogP contribution is 2.22. The second-order valence-corrected chi connectivity index (χ2v) is 16.4. The van der Waals surface area contributed by atoms with Crippen LogP contribution in [-0.2, 0) is 49.6 Å². The van der Waals surface area contributed by atoms with Crippen LogP contribution in [0, 0.1) is 17.8 Å². The van der Waals surface area contributed by atoms with Gasteiger partial charge in [-0.05, 0) is 68.6 Å². The molecule has 1 aromatic rings. The Kier molecular flexibility index (Phi) is 20.1.